The van der Waals surface area contributed by atoms with Crippen molar-refractivity contribution in [2.75, 3.05) is 26.2 Å². The zero-order chi connectivity index (χ0) is 26.2. The van der Waals surface area contributed by atoms with Crippen molar-refractivity contribution >= 4 is 17.9 Å². The molecule has 0 unspecified atom stereocenters. The molecule has 2 N–H and O–H groups in total. The third-order valence-electron chi connectivity index (χ3n) is 6.70. The minimum absolute atomic E-state index is 0.0583. The highest BCUT2D eigenvalue weighted by molar-refractivity contribution is 5.66. The Kier molecular flexibility index (Phi) is 21.3. The molecule has 0 aliphatic carbocycles. The second-order valence-electron chi connectivity index (χ2n) is 9.94. The first-order valence-electron chi connectivity index (χ1n) is 13.9. The smallest absolute Gasteiger partial charge is 0.303 e. The van der Waals surface area contributed by atoms with Gasteiger partial charge in [-0.2, -0.15) is 0 Å². The summed E-state index contributed by atoms with van der Waals surface area (Å²) in [7, 11) is 0. The van der Waals surface area contributed by atoms with Gasteiger partial charge in [0.1, 0.15) is 0 Å². The standard InChI is InChI=1S/C28H51NO6/c1-2-3-4-5-6-7-8-9-10-11-15-22-29(23-16-12-19-26(30)31,24-17-13-20-27(32)33)25-18-14-21-28(34)35/h7-8H,2-6,9-25H2,1H3,(H2-,30,31,32,33,34,35)/b8-7+. The molecular weight excluding hydrogens is 446 g/mol. The van der Waals surface area contributed by atoms with Crippen LogP contribution in [-0.2, 0) is 14.4 Å². The van der Waals surface area contributed by atoms with Crippen LogP contribution in [0.5, 0.6) is 0 Å². The van der Waals surface area contributed by atoms with Gasteiger partial charge in [0, 0.05) is 18.8 Å². The molecule has 0 aliphatic rings. The highest BCUT2D eigenvalue weighted by Gasteiger charge is 2.26. The van der Waals surface area contributed by atoms with Gasteiger partial charge in [-0.05, 0) is 83.5 Å². The molecule has 0 fully saturated rings. The summed E-state index contributed by atoms with van der Waals surface area (Å²) >= 11 is 0. The van der Waals surface area contributed by atoms with Gasteiger partial charge >= 0.3 is 11.9 Å². The van der Waals surface area contributed by atoms with Crippen molar-refractivity contribution in [2.45, 2.75) is 122 Å². The van der Waals surface area contributed by atoms with Crippen LogP contribution >= 0.6 is 0 Å². The number of quaternary nitrogens is 1. The molecule has 0 aromatic rings. The number of hydrogen-bond donors (Lipinski definition) is 2. The van der Waals surface area contributed by atoms with Gasteiger partial charge in [0.25, 0.3) is 0 Å². The van der Waals surface area contributed by atoms with Crippen LogP contribution in [0.2, 0.25) is 0 Å². The summed E-state index contributed by atoms with van der Waals surface area (Å²) in [5, 5.41) is 28.8. The summed E-state index contributed by atoms with van der Waals surface area (Å²) in [6.07, 6.45) is 20.0. The average Bonchev–Trinajstić information content (AvgIpc) is 2.80. The maximum absolute atomic E-state index is 10.9. The molecule has 0 spiro atoms. The Morgan fingerprint density at radius 3 is 1.40 bits per heavy atom. The topological polar surface area (TPSA) is 115 Å². The van der Waals surface area contributed by atoms with Crippen molar-refractivity contribution in [3.8, 4) is 0 Å². The van der Waals surface area contributed by atoms with Crippen LogP contribution in [0.1, 0.15) is 122 Å². The molecule has 7 heteroatoms. The summed E-state index contributed by atoms with van der Waals surface area (Å²) in [4.78, 5) is 32.7. The summed E-state index contributed by atoms with van der Waals surface area (Å²) in [6.45, 7) is 5.78. The van der Waals surface area contributed by atoms with E-state index in [4.69, 9.17) is 10.2 Å². The Labute approximate surface area is 213 Å². The predicted molar refractivity (Wildman–Crippen MR) is 138 cm³/mol. The van der Waals surface area contributed by atoms with Gasteiger partial charge in [0.15, 0.2) is 0 Å². The molecule has 7 nitrogen and oxygen atoms in total. The van der Waals surface area contributed by atoms with E-state index in [0.717, 1.165) is 75.6 Å². The number of hydrogen-bond acceptors (Lipinski definition) is 4. The van der Waals surface area contributed by atoms with E-state index in [0.29, 0.717) is 19.3 Å². The van der Waals surface area contributed by atoms with Crippen molar-refractivity contribution in [3.05, 3.63) is 12.2 Å². The van der Waals surface area contributed by atoms with E-state index in [1.54, 1.807) is 0 Å². The molecule has 35 heavy (non-hydrogen) atoms. The second-order valence-corrected chi connectivity index (χ2v) is 9.94. The Bertz CT molecular complexity index is 535. The Morgan fingerprint density at radius 1 is 0.600 bits per heavy atom. The number of nitrogens with zero attached hydrogens (tertiary/aromatic N) is 1. The molecule has 204 valence electrons. The fraction of sp³-hybridized carbons (Fsp3) is 0.821. The number of carboxylic acids is 3. The largest absolute Gasteiger partial charge is 0.550 e. The van der Waals surface area contributed by atoms with E-state index < -0.39 is 17.9 Å². The van der Waals surface area contributed by atoms with Gasteiger partial charge in [0.05, 0.1) is 26.2 Å². The highest BCUT2D eigenvalue weighted by Crippen LogP contribution is 2.19. The van der Waals surface area contributed by atoms with Crippen LogP contribution in [0, 0.1) is 0 Å². The first kappa shape index (κ1) is 33.1. The van der Waals surface area contributed by atoms with Crippen LogP contribution in [0.4, 0.5) is 0 Å². The zero-order valence-corrected chi connectivity index (χ0v) is 22.2. The minimum Gasteiger partial charge on any atom is -0.550 e. The number of carboxylic acid groups (broad SMARTS) is 3. The van der Waals surface area contributed by atoms with Gasteiger partial charge in [-0.1, -0.05) is 38.3 Å². The average molecular weight is 498 g/mol. The number of carbonyl (C=O) groups excluding carboxylic acids is 1. The number of rotatable bonds is 26. The van der Waals surface area contributed by atoms with Gasteiger partial charge in [-0.25, -0.2) is 0 Å². The Balaban J connectivity index is 4.76. The predicted octanol–water partition coefficient (Wildman–Crippen LogP) is 5.32. The molecule has 0 bridgehead atoms. The Hall–Kier alpha value is -1.89. The third kappa shape index (κ3) is 22.3. The van der Waals surface area contributed by atoms with Crippen LogP contribution in [0.25, 0.3) is 0 Å². The molecule has 0 radical (unpaired) electrons. The van der Waals surface area contributed by atoms with Gasteiger partial charge in [-0.3, -0.25) is 9.59 Å². The van der Waals surface area contributed by atoms with E-state index in [9.17, 15) is 19.5 Å². The van der Waals surface area contributed by atoms with Gasteiger partial charge in [-0.15, -0.1) is 0 Å². The quantitative estimate of drug-likeness (QED) is 0.0949. The van der Waals surface area contributed by atoms with Gasteiger partial charge < -0.3 is 24.6 Å². The number of aliphatic carboxylic acids is 3. The molecule has 0 atom stereocenters. The van der Waals surface area contributed by atoms with E-state index >= 15 is 0 Å². The Morgan fingerprint density at radius 2 is 1.00 bits per heavy atom. The van der Waals surface area contributed by atoms with Crippen LogP contribution in [0.3, 0.4) is 0 Å². The molecular formula is C28H51NO6. The van der Waals surface area contributed by atoms with E-state index in [1.807, 2.05) is 0 Å². The van der Waals surface area contributed by atoms with E-state index in [-0.39, 0.29) is 19.3 Å². The first-order valence-corrected chi connectivity index (χ1v) is 13.9. The normalized spacial score (nSPS) is 11.8. The maximum atomic E-state index is 10.9. The summed E-state index contributed by atoms with van der Waals surface area (Å²) in [6, 6.07) is 0. The summed E-state index contributed by atoms with van der Waals surface area (Å²) in [5.74, 6) is -2.58. The maximum Gasteiger partial charge on any atom is 0.303 e. The third-order valence-corrected chi connectivity index (χ3v) is 6.70. The molecule has 0 aromatic heterocycles. The molecule has 0 aliphatic heterocycles. The van der Waals surface area contributed by atoms with Crippen molar-refractivity contribution < 1.29 is 34.2 Å². The van der Waals surface area contributed by atoms with E-state index in [1.165, 1.54) is 32.1 Å². The minimum atomic E-state index is -1.02. The number of allylic oxidation sites excluding steroid dienone is 2. The lowest BCUT2D eigenvalue weighted by Crippen LogP contribution is -2.51. The lowest BCUT2D eigenvalue weighted by molar-refractivity contribution is -0.929. The molecule has 0 heterocycles. The van der Waals surface area contributed by atoms with Crippen molar-refractivity contribution in [2.24, 2.45) is 0 Å². The monoisotopic (exact) mass is 497 g/mol. The number of unbranched alkanes of at least 4 members (excludes halogenated alkanes) is 10. The first-order chi connectivity index (χ1) is 16.8. The lowest BCUT2D eigenvalue weighted by atomic mass is 10.1. The van der Waals surface area contributed by atoms with Crippen molar-refractivity contribution in [1.29, 1.82) is 0 Å². The SMILES string of the molecule is CCCCCC/C=C/CCCCC[N+](CCCCC(=O)[O-])(CCCCC(=O)O)CCCCC(=O)O. The van der Waals surface area contributed by atoms with Crippen LogP contribution < -0.4 is 5.11 Å². The van der Waals surface area contributed by atoms with Crippen molar-refractivity contribution in [1.82, 2.24) is 0 Å². The second kappa shape index (κ2) is 22.6. The van der Waals surface area contributed by atoms with Crippen molar-refractivity contribution in [3.63, 3.8) is 0 Å². The zero-order valence-electron chi connectivity index (χ0n) is 22.2. The molecule has 0 amide bonds. The number of carbonyl (C=O) groups is 3. The molecule has 0 aromatic carbocycles. The van der Waals surface area contributed by atoms with Gasteiger partial charge in [0.2, 0.25) is 0 Å². The fourth-order valence-electron chi connectivity index (χ4n) is 4.65. The highest BCUT2D eigenvalue weighted by atomic mass is 16.4. The fourth-order valence-corrected chi connectivity index (χ4v) is 4.65. The lowest BCUT2D eigenvalue weighted by Gasteiger charge is -2.39. The summed E-state index contributed by atoms with van der Waals surface area (Å²) in [5.41, 5.74) is 0. The summed E-state index contributed by atoms with van der Waals surface area (Å²) < 4.78 is 0.833. The molecule has 0 rings (SSSR count). The van der Waals surface area contributed by atoms with Crippen LogP contribution in [0.15, 0.2) is 12.2 Å². The molecule has 0 saturated heterocycles. The molecule has 0 saturated carbocycles. The van der Waals surface area contributed by atoms with E-state index in [2.05, 4.69) is 19.1 Å². The van der Waals surface area contributed by atoms with Crippen LogP contribution in [-0.4, -0.2) is 58.8 Å².